The van der Waals surface area contributed by atoms with E-state index in [2.05, 4.69) is 21.9 Å². The lowest BCUT2D eigenvalue weighted by Gasteiger charge is -2.19. The van der Waals surface area contributed by atoms with Crippen LogP contribution in [-0.2, 0) is 4.74 Å². The number of nitrogens with zero attached hydrogens (tertiary/aromatic N) is 3. The molecule has 5 heteroatoms. The molecule has 0 saturated heterocycles. The zero-order chi connectivity index (χ0) is 14.3. The van der Waals surface area contributed by atoms with Gasteiger partial charge >= 0.3 is 5.97 Å². The quantitative estimate of drug-likeness (QED) is 0.268. The van der Waals surface area contributed by atoms with Crippen molar-refractivity contribution < 1.29 is 9.53 Å². The fourth-order valence-corrected chi connectivity index (χ4v) is 1.27. The van der Waals surface area contributed by atoms with Crippen molar-refractivity contribution in [1.29, 1.82) is 0 Å². The third-order valence-corrected chi connectivity index (χ3v) is 1.94. The van der Waals surface area contributed by atoms with E-state index in [9.17, 15) is 4.79 Å². The topological polar surface area (TPSA) is 75.1 Å². The van der Waals surface area contributed by atoms with Gasteiger partial charge in [0.2, 0.25) is 0 Å². The lowest BCUT2D eigenvalue weighted by Crippen LogP contribution is -2.23. The number of hydrogen-bond donors (Lipinski definition) is 0. The first kappa shape index (κ1) is 14.6. The van der Waals surface area contributed by atoms with Crippen LogP contribution in [0.3, 0.4) is 0 Å². The summed E-state index contributed by atoms with van der Waals surface area (Å²) in [5.41, 5.74) is 8.72. The highest BCUT2D eigenvalue weighted by Crippen LogP contribution is 2.13. The van der Waals surface area contributed by atoms with Gasteiger partial charge in [-0.05, 0) is 44.5 Å². The van der Waals surface area contributed by atoms with Gasteiger partial charge in [-0.25, -0.2) is 4.79 Å². The standard InChI is InChI=1S/C14H15N3O2/c1-14(2,3)19-13(18)12-8-4-6-11(10-12)7-5-9-16-17-15/h4,6,8,10H,9H2,1-3H3. The highest BCUT2D eigenvalue weighted by atomic mass is 16.6. The first-order chi connectivity index (χ1) is 8.92. The molecule has 19 heavy (non-hydrogen) atoms. The first-order valence-corrected chi connectivity index (χ1v) is 5.75. The first-order valence-electron chi connectivity index (χ1n) is 5.75. The predicted molar refractivity (Wildman–Crippen MR) is 72.5 cm³/mol. The fraction of sp³-hybridized carbons (Fsp3) is 0.357. The third kappa shape index (κ3) is 5.62. The van der Waals surface area contributed by atoms with E-state index in [-0.39, 0.29) is 12.5 Å². The molecule has 0 saturated carbocycles. The SMILES string of the molecule is CC(C)(C)OC(=O)c1cccc(C#CCN=[N+]=[N-])c1. The molecule has 0 aliphatic rings. The van der Waals surface area contributed by atoms with E-state index >= 15 is 0 Å². The number of rotatable bonds is 2. The van der Waals surface area contributed by atoms with Gasteiger partial charge in [0.25, 0.3) is 0 Å². The minimum Gasteiger partial charge on any atom is -0.456 e. The third-order valence-electron chi connectivity index (χ3n) is 1.94. The highest BCUT2D eigenvalue weighted by molar-refractivity contribution is 5.90. The number of carbonyl (C=O) groups is 1. The molecule has 0 N–H and O–H groups in total. The lowest BCUT2D eigenvalue weighted by atomic mass is 10.1. The molecule has 0 bridgehead atoms. The number of benzene rings is 1. The van der Waals surface area contributed by atoms with Crippen molar-refractivity contribution in [3.8, 4) is 11.8 Å². The molecule has 0 spiro atoms. The lowest BCUT2D eigenvalue weighted by molar-refractivity contribution is 0.00695. The van der Waals surface area contributed by atoms with Crippen molar-refractivity contribution in [2.24, 2.45) is 5.11 Å². The van der Waals surface area contributed by atoms with E-state index in [1.54, 1.807) is 24.3 Å². The van der Waals surface area contributed by atoms with E-state index in [4.69, 9.17) is 10.3 Å². The van der Waals surface area contributed by atoms with Gasteiger partial charge in [0, 0.05) is 10.5 Å². The molecule has 0 atom stereocenters. The summed E-state index contributed by atoms with van der Waals surface area (Å²) in [4.78, 5) is 14.5. The second-order valence-electron chi connectivity index (χ2n) is 4.77. The van der Waals surface area contributed by atoms with Gasteiger partial charge in [0.15, 0.2) is 0 Å². The summed E-state index contributed by atoms with van der Waals surface area (Å²) in [7, 11) is 0. The second kappa shape index (κ2) is 6.48. The number of hydrogen-bond acceptors (Lipinski definition) is 3. The minimum atomic E-state index is -0.528. The molecule has 1 rings (SSSR count). The van der Waals surface area contributed by atoms with Gasteiger partial charge in [0.1, 0.15) is 5.60 Å². The predicted octanol–water partition coefficient (Wildman–Crippen LogP) is 3.30. The van der Waals surface area contributed by atoms with Crippen molar-refractivity contribution in [3.05, 3.63) is 45.8 Å². The Morgan fingerprint density at radius 3 is 2.84 bits per heavy atom. The molecule has 0 aromatic heterocycles. The maximum Gasteiger partial charge on any atom is 0.338 e. The van der Waals surface area contributed by atoms with Crippen LogP contribution in [0.25, 0.3) is 10.4 Å². The van der Waals surface area contributed by atoms with Crippen LogP contribution in [0.1, 0.15) is 36.7 Å². The van der Waals surface area contributed by atoms with Gasteiger partial charge in [-0.2, -0.15) is 0 Å². The second-order valence-corrected chi connectivity index (χ2v) is 4.77. The number of ether oxygens (including phenoxy) is 1. The van der Waals surface area contributed by atoms with Crippen LogP contribution >= 0.6 is 0 Å². The average molecular weight is 257 g/mol. The molecule has 0 radical (unpaired) electrons. The molecular formula is C14H15N3O2. The van der Waals surface area contributed by atoms with Gasteiger partial charge < -0.3 is 4.74 Å². The van der Waals surface area contributed by atoms with Crippen molar-refractivity contribution in [2.45, 2.75) is 26.4 Å². The molecule has 0 unspecified atom stereocenters. The van der Waals surface area contributed by atoms with Crippen LogP contribution in [0.4, 0.5) is 0 Å². The van der Waals surface area contributed by atoms with Gasteiger partial charge in [-0.1, -0.05) is 23.0 Å². The maximum atomic E-state index is 11.9. The van der Waals surface area contributed by atoms with E-state index in [0.29, 0.717) is 11.1 Å². The molecule has 0 aliphatic carbocycles. The monoisotopic (exact) mass is 257 g/mol. The van der Waals surface area contributed by atoms with Crippen LogP contribution < -0.4 is 0 Å². The van der Waals surface area contributed by atoms with Crippen LogP contribution in [0, 0.1) is 11.8 Å². The zero-order valence-corrected chi connectivity index (χ0v) is 11.2. The largest absolute Gasteiger partial charge is 0.456 e. The minimum absolute atomic E-state index is 0.104. The van der Waals surface area contributed by atoms with Crippen LogP contribution in [0.15, 0.2) is 29.4 Å². The van der Waals surface area contributed by atoms with Crippen LogP contribution in [0.2, 0.25) is 0 Å². The number of azide groups is 1. The van der Waals surface area contributed by atoms with Crippen molar-refractivity contribution in [1.82, 2.24) is 0 Å². The van der Waals surface area contributed by atoms with Crippen LogP contribution in [-0.4, -0.2) is 18.1 Å². The molecule has 5 nitrogen and oxygen atoms in total. The summed E-state index contributed by atoms with van der Waals surface area (Å²) in [5.74, 6) is 5.13. The summed E-state index contributed by atoms with van der Waals surface area (Å²) in [6.07, 6.45) is 0. The average Bonchev–Trinajstić information content (AvgIpc) is 2.33. The molecule has 0 heterocycles. The highest BCUT2D eigenvalue weighted by Gasteiger charge is 2.17. The maximum absolute atomic E-state index is 11.9. The van der Waals surface area contributed by atoms with E-state index in [1.165, 1.54) is 0 Å². The Kier molecular flexibility index (Phi) is 4.99. The molecule has 1 aromatic rings. The van der Waals surface area contributed by atoms with E-state index < -0.39 is 5.60 Å². The molecule has 0 aliphatic heterocycles. The Morgan fingerprint density at radius 2 is 2.21 bits per heavy atom. The molecule has 0 amide bonds. The van der Waals surface area contributed by atoms with Crippen molar-refractivity contribution in [3.63, 3.8) is 0 Å². The molecule has 98 valence electrons. The Labute approximate surface area is 112 Å². The Hall–Kier alpha value is -2.44. The molecule has 0 fully saturated rings. The molecular weight excluding hydrogens is 242 g/mol. The number of carbonyl (C=O) groups excluding carboxylic acids is 1. The zero-order valence-electron chi connectivity index (χ0n) is 11.2. The number of esters is 1. The van der Waals surface area contributed by atoms with Crippen molar-refractivity contribution >= 4 is 5.97 Å². The smallest absolute Gasteiger partial charge is 0.338 e. The van der Waals surface area contributed by atoms with E-state index in [1.807, 2.05) is 20.8 Å². The Morgan fingerprint density at radius 1 is 1.47 bits per heavy atom. The van der Waals surface area contributed by atoms with Gasteiger partial charge in [-0.15, -0.1) is 0 Å². The summed E-state index contributed by atoms with van der Waals surface area (Å²) >= 11 is 0. The summed E-state index contributed by atoms with van der Waals surface area (Å²) in [5, 5.41) is 3.31. The molecule has 1 aromatic carbocycles. The fourth-order valence-electron chi connectivity index (χ4n) is 1.27. The summed E-state index contributed by atoms with van der Waals surface area (Å²) in [6.45, 7) is 5.55. The van der Waals surface area contributed by atoms with Gasteiger partial charge in [0.05, 0.1) is 12.1 Å². The van der Waals surface area contributed by atoms with Crippen LogP contribution in [0.5, 0.6) is 0 Å². The Bertz CT molecular complexity index is 570. The summed E-state index contributed by atoms with van der Waals surface area (Å²) < 4.78 is 5.27. The van der Waals surface area contributed by atoms with Crippen molar-refractivity contribution in [2.75, 3.05) is 6.54 Å². The normalized spacial score (nSPS) is 9.84. The Balaban J connectivity index is 2.84. The van der Waals surface area contributed by atoms with E-state index in [0.717, 1.165) is 0 Å². The summed E-state index contributed by atoms with van der Waals surface area (Å²) in [6, 6.07) is 6.83. The van der Waals surface area contributed by atoms with Gasteiger partial charge in [-0.3, -0.25) is 0 Å².